The van der Waals surface area contributed by atoms with Crippen molar-refractivity contribution in [2.45, 2.75) is 13.0 Å². The van der Waals surface area contributed by atoms with Crippen LogP contribution in [0.2, 0.25) is 0 Å². The lowest BCUT2D eigenvalue weighted by molar-refractivity contribution is 0.0958. The molecule has 0 bridgehead atoms. The standard InChI is InChI=1S/C9H10N2O/c1-5-7-3-2-6(10)4-8(7)9(12)11-5/h2-5H,10H2,1H3,(H,11,12). The van der Waals surface area contributed by atoms with E-state index in [0.717, 1.165) is 5.56 Å². The minimum absolute atomic E-state index is 0.0233. The fourth-order valence-electron chi connectivity index (χ4n) is 1.50. The minimum Gasteiger partial charge on any atom is -0.399 e. The molecule has 2 rings (SSSR count). The number of amides is 1. The van der Waals surface area contributed by atoms with E-state index in [1.807, 2.05) is 19.1 Å². The Morgan fingerprint density at radius 3 is 3.00 bits per heavy atom. The van der Waals surface area contributed by atoms with Crippen LogP contribution in [0.1, 0.15) is 28.9 Å². The molecule has 1 atom stereocenters. The number of hydrogen-bond acceptors (Lipinski definition) is 2. The molecular weight excluding hydrogens is 152 g/mol. The molecule has 1 aromatic rings. The van der Waals surface area contributed by atoms with Gasteiger partial charge in [0.15, 0.2) is 0 Å². The molecule has 3 nitrogen and oxygen atoms in total. The topological polar surface area (TPSA) is 55.1 Å². The average molecular weight is 162 g/mol. The molecule has 0 spiro atoms. The van der Waals surface area contributed by atoms with Crippen LogP contribution in [0, 0.1) is 0 Å². The summed E-state index contributed by atoms with van der Waals surface area (Å²) in [5.41, 5.74) is 7.94. The fourth-order valence-corrected chi connectivity index (χ4v) is 1.50. The van der Waals surface area contributed by atoms with Crippen molar-refractivity contribution in [1.29, 1.82) is 0 Å². The maximum atomic E-state index is 11.3. The van der Waals surface area contributed by atoms with E-state index in [2.05, 4.69) is 5.32 Å². The molecule has 1 aliphatic heterocycles. The first-order chi connectivity index (χ1) is 5.68. The highest BCUT2D eigenvalue weighted by molar-refractivity contribution is 5.99. The third kappa shape index (κ3) is 0.863. The highest BCUT2D eigenvalue weighted by atomic mass is 16.2. The monoisotopic (exact) mass is 162 g/mol. The van der Waals surface area contributed by atoms with Gasteiger partial charge in [-0.2, -0.15) is 0 Å². The number of nitrogens with two attached hydrogens (primary N) is 1. The Balaban J connectivity index is 2.60. The van der Waals surface area contributed by atoms with Gasteiger partial charge in [0, 0.05) is 11.3 Å². The Morgan fingerprint density at radius 1 is 1.50 bits per heavy atom. The molecule has 3 heteroatoms. The van der Waals surface area contributed by atoms with Gasteiger partial charge in [-0.1, -0.05) is 6.07 Å². The van der Waals surface area contributed by atoms with Gasteiger partial charge in [-0.3, -0.25) is 4.79 Å². The quantitative estimate of drug-likeness (QED) is 0.561. The number of carbonyl (C=O) groups is 1. The van der Waals surface area contributed by atoms with E-state index in [4.69, 9.17) is 5.73 Å². The van der Waals surface area contributed by atoms with Crippen molar-refractivity contribution >= 4 is 11.6 Å². The number of benzene rings is 1. The molecule has 1 aliphatic rings. The maximum absolute atomic E-state index is 11.3. The van der Waals surface area contributed by atoms with Crippen molar-refractivity contribution in [3.05, 3.63) is 29.3 Å². The summed E-state index contributed by atoms with van der Waals surface area (Å²) in [6.45, 7) is 1.96. The molecule has 0 fully saturated rings. The SMILES string of the molecule is CC1NC(=O)c2cc(N)ccc21. The third-order valence-corrected chi connectivity index (χ3v) is 2.14. The van der Waals surface area contributed by atoms with E-state index < -0.39 is 0 Å². The van der Waals surface area contributed by atoms with Gasteiger partial charge in [-0.15, -0.1) is 0 Å². The molecule has 0 saturated heterocycles. The number of anilines is 1. The Kier molecular flexibility index (Phi) is 1.33. The normalized spacial score (nSPS) is 20.4. The number of rotatable bonds is 0. The van der Waals surface area contributed by atoms with Crippen molar-refractivity contribution < 1.29 is 4.79 Å². The summed E-state index contributed by atoms with van der Waals surface area (Å²) in [4.78, 5) is 11.3. The smallest absolute Gasteiger partial charge is 0.252 e. The number of hydrogen-bond donors (Lipinski definition) is 2. The van der Waals surface area contributed by atoms with Gasteiger partial charge < -0.3 is 11.1 Å². The van der Waals surface area contributed by atoms with Crippen LogP contribution in [0.4, 0.5) is 5.69 Å². The summed E-state index contributed by atoms with van der Waals surface area (Å²) < 4.78 is 0. The first-order valence-electron chi connectivity index (χ1n) is 3.89. The Bertz CT molecular complexity index is 346. The molecule has 1 aromatic carbocycles. The molecule has 1 amide bonds. The first kappa shape index (κ1) is 7.16. The molecule has 0 aromatic heterocycles. The van der Waals surface area contributed by atoms with Gasteiger partial charge in [0.2, 0.25) is 0 Å². The lowest BCUT2D eigenvalue weighted by Gasteiger charge is -2.02. The van der Waals surface area contributed by atoms with E-state index in [0.29, 0.717) is 11.3 Å². The molecular formula is C9H10N2O. The molecule has 0 radical (unpaired) electrons. The number of nitrogens with one attached hydrogen (secondary N) is 1. The molecule has 0 aliphatic carbocycles. The average Bonchev–Trinajstić information content (AvgIpc) is 2.28. The van der Waals surface area contributed by atoms with Crippen molar-refractivity contribution in [3.8, 4) is 0 Å². The van der Waals surface area contributed by atoms with Gasteiger partial charge in [-0.05, 0) is 24.6 Å². The van der Waals surface area contributed by atoms with E-state index in [1.165, 1.54) is 0 Å². The second-order valence-corrected chi connectivity index (χ2v) is 3.04. The van der Waals surface area contributed by atoms with E-state index in [-0.39, 0.29) is 11.9 Å². The lowest BCUT2D eigenvalue weighted by atomic mass is 10.1. The molecule has 12 heavy (non-hydrogen) atoms. The number of carbonyl (C=O) groups excluding carboxylic acids is 1. The predicted octanol–water partition coefficient (Wildman–Crippen LogP) is 1.07. The zero-order chi connectivity index (χ0) is 8.72. The molecule has 1 unspecified atom stereocenters. The van der Waals surface area contributed by atoms with Crippen LogP contribution in [-0.4, -0.2) is 5.91 Å². The minimum atomic E-state index is -0.0233. The number of nitrogen functional groups attached to an aromatic ring is 1. The zero-order valence-electron chi connectivity index (χ0n) is 6.79. The molecule has 3 N–H and O–H groups in total. The zero-order valence-corrected chi connectivity index (χ0v) is 6.79. The second kappa shape index (κ2) is 2.24. The van der Waals surface area contributed by atoms with Crippen molar-refractivity contribution in [1.82, 2.24) is 5.32 Å². The summed E-state index contributed by atoms with van der Waals surface area (Å²) >= 11 is 0. The van der Waals surface area contributed by atoms with E-state index in [1.54, 1.807) is 6.07 Å². The van der Waals surface area contributed by atoms with Crippen LogP contribution < -0.4 is 11.1 Å². The van der Waals surface area contributed by atoms with Gasteiger partial charge in [0.1, 0.15) is 0 Å². The highest BCUT2D eigenvalue weighted by Gasteiger charge is 2.24. The largest absolute Gasteiger partial charge is 0.399 e. The Labute approximate surface area is 70.6 Å². The molecule has 0 saturated carbocycles. The maximum Gasteiger partial charge on any atom is 0.252 e. The van der Waals surface area contributed by atoms with Crippen LogP contribution in [0.15, 0.2) is 18.2 Å². The Hall–Kier alpha value is -1.51. The van der Waals surface area contributed by atoms with Gasteiger partial charge in [-0.25, -0.2) is 0 Å². The fraction of sp³-hybridized carbons (Fsp3) is 0.222. The number of fused-ring (bicyclic) bond motifs is 1. The van der Waals surface area contributed by atoms with E-state index in [9.17, 15) is 4.79 Å². The predicted molar refractivity (Wildman–Crippen MR) is 46.7 cm³/mol. The van der Waals surface area contributed by atoms with Gasteiger partial charge in [0.05, 0.1) is 6.04 Å². The van der Waals surface area contributed by atoms with Crippen molar-refractivity contribution in [2.24, 2.45) is 0 Å². The summed E-state index contributed by atoms with van der Waals surface area (Å²) in [7, 11) is 0. The first-order valence-corrected chi connectivity index (χ1v) is 3.89. The molecule has 1 heterocycles. The van der Waals surface area contributed by atoms with Crippen molar-refractivity contribution in [2.75, 3.05) is 5.73 Å². The van der Waals surface area contributed by atoms with Crippen molar-refractivity contribution in [3.63, 3.8) is 0 Å². The lowest BCUT2D eigenvalue weighted by Crippen LogP contribution is -2.16. The van der Waals surface area contributed by atoms with Crippen LogP contribution in [-0.2, 0) is 0 Å². The molecule has 62 valence electrons. The second-order valence-electron chi connectivity index (χ2n) is 3.04. The van der Waals surface area contributed by atoms with Crippen LogP contribution in [0.25, 0.3) is 0 Å². The third-order valence-electron chi connectivity index (χ3n) is 2.14. The van der Waals surface area contributed by atoms with Gasteiger partial charge >= 0.3 is 0 Å². The summed E-state index contributed by atoms with van der Waals surface area (Å²) in [5.74, 6) is -0.0233. The summed E-state index contributed by atoms with van der Waals surface area (Å²) in [6, 6.07) is 5.55. The van der Waals surface area contributed by atoms with Crippen LogP contribution >= 0.6 is 0 Å². The summed E-state index contributed by atoms with van der Waals surface area (Å²) in [6.07, 6.45) is 0. The Morgan fingerprint density at radius 2 is 2.25 bits per heavy atom. The van der Waals surface area contributed by atoms with E-state index >= 15 is 0 Å². The van der Waals surface area contributed by atoms with Crippen LogP contribution in [0.5, 0.6) is 0 Å². The highest BCUT2D eigenvalue weighted by Crippen LogP contribution is 2.25. The summed E-state index contributed by atoms with van der Waals surface area (Å²) in [5, 5.41) is 2.81. The van der Waals surface area contributed by atoms with Crippen LogP contribution in [0.3, 0.4) is 0 Å². The van der Waals surface area contributed by atoms with Gasteiger partial charge in [0.25, 0.3) is 5.91 Å².